The predicted molar refractivity (Wildman–Crippen MR) is 52.5 cm³/mol. The van der Waals surface area contributed by atoms with E-state index in [1.807, 2.05) is 12.1 Å². The van der Waals surface area contributed by atoms with Gasteiger partial charge in [-0.05, 0) is 19.1 Å². The van der Waals surface area contributed by atoms with Crippen molar-refractivity contribution in [1.29, 1.82) is 0 Å². The van der Waals surface area contributed by atoms with E-state index in [4.69, 9.17) is 4.74 Å². The van der Waals surface area contributed by atoms with Crippen LogP contribution >= 0.6 is 0 Å². The molecule has 0 aliphatic carbocycles. The van der Waals surface area contributed by atoms with E-state index in [1.54, 1.807) is 20.2 Å². The van der Waals surface area contributed by atoms with Gasteiger partial charge in [0.1, 0.15) is 5.75 Å². The van der Waals surface area contributed by atoms with Gasteiger partial charge in [0.2, 0.25) is 0 Å². The van der Waals surface area contributed by atoms with E-state index in [1.165, 1.54) is 6.92 Å². The molecule has 0 bridgehead atoms. The Morgan fingerprint density at radius 1 is 1.46 bits per heavy atom. The van der Waals surface area contributed by atoms with Gasteiger partial charge in [0.05, 0.1) is 12.7 Å². The molecule has 1 rings (SSSR count). The van der Waals surface area contributed by atoms with Crippen molar-refractivity contribution in [2.24, 2.45) is 0 Å². The molecule has 0 aliphatic heterocycles. The number of rotatable bonds is 3. The second-order valence-corrected chi connectivity index (χ2v) is 2.69. The number of ketones is 1. The Balaban J connectivity index is 3.29. The van der Waals surface area contributed by atoms with E-state index < -0.39 is 0 Å². The molecule has 0 radical (unpaired) electrons. The van der Waals surface area contributed by atoms with E-state index in [2.05, 4.69) is 5.32 Å². The predicted octanol–water partition coefficient (Wildman–Crippen LogP) is 1.94. The molecule has 0 fully saturated rings. The number of nitrogens with one attached hydrogen (secondary N) is 1. The molecule has 0 aliphatic rings. The Morgan fingerprint density at radius 2 is 2.15 bits per heavy atom. The summed E-state index contributed by atoms with van der Waals surface area (Å²) >= 11 is 0. The minimum absolute atomic E-state index is 0.00167. The van der Waals surface area contributed by atoms with Crippen LogP contribution in [0, 0.1) is 0 Å². The highest BCUT2D eigenvalue weighted by Crippen LogP contribution is 2.26. The molecule has 3 heteroatoms. The van der Waals surface area contributed by atoms with Crippen LogP contribution in [0.3, 0.4) is 0 Å². The lowest BCUT2D eigenvalue weighted by atomic mass is 10.1. The van der Waals surface area contributed by atoms with Gasteiger partial charge in [0.15, 0.2) is 5.78 Å². The fourth-order valence-electron chi connectivity index (χ4n) is 1.27. The van der Waals surface area contributed by atoms with Crippen molar-refractivity contribution >= 4 is 11.5 Å². The Morgan fingerprint density at radius 3 is 2.62 bits per heavy atom. The standard InChI is InChI=1S/C10H13NO2/c1-7(12)10-8(11-2)5-4-6-9(10)13-3/h4-6,11H,1-3H3. The van der Waals surface area contributed by atoms with E-state index in [0.29, 0.717) is 11.3 Å². The average molecular weight is 179 g/mol. The second kappa shape index (κ2) is 3.94. The number of benzene rings is 1. The Bertz CT molecular complexity index is 298. The van der Waals surface area contributed by atoms with Gasteiger partial charge < -0.3 is 10.1 Å². The topological polar surface area (TPSA) is 38.3 Å². The lowest BCUT2D eigenvalue weighted by Gasteiger charge is -2.10. The molecule has 0 amide bonds. The highest BCUT2D eigenvalue weighted by molar-refractivity contribution is 6.02. The fourth-order valence-corrected chi connectivity index (χ4v) is 1.27. The number of methoxy groups -OCH3 is 1. The molecule has 13 heavy (non-hydrogen) atoms. The summed E-state index contributed by atoms with van der Waals surface area (Å²) in [7, 11) is 3.34. The van der Waals surface area contributed by atoms with E-state index in [-0.39, 0.29) is 5.78 Å². The van der Waals surface area contributed by atoms with Gasteiger partial charge in [-0.3, -0.25) is 4.79 Å². The third kappa shape index (κ3) is 1.80. The third-order valence-corrected chi connectivity index (χ3v) is 1.87. The summed E-state index contributed by atoms with van der Waals surface area (Å²) in [6, 6.07) is 5.47. The fraction of sp³-hybridized carbons (Fsp3) is 0.300. The number of carbonyl (C=O) groups excluding carboxylic acids is 1. The van der Waals surface area contributed by atoms with Gasteiger partial charge in [-0.1, -0.05) is 6.07 Å². The first kappa shape index (κ1) is 9.58. The molecule has 0 saturated heterocycles. The zero-order valence-corrected chi connectivity index (χ0v) is 8.05. The monoisotopic (exact) mass is 179 g/mol. The first-order chi connectivity index (χ1) is 6.20. The summed E-state index contributed by atoms with van der Waals surface area (Å²) < 4.78 is 5.09. The van der Waals surface area contributed by atoms with E-state index in [0.717, 1.165) is 5.69 Å². The Labute approximate surface area is 77.7 Å². The maximum absolute atomic E-state index is 11.3. The summed E-state index contributed by atoms with van der Waals surface area (Å²) in [5.74, 6) is 0.612. The van der Waals surface area contributed by atoms with Crippen LogP contribution in [0.1, 0.15) is 17.3 Å². The average Bonchev–Trinajstić information content (AvgIpc) is 2.16. The summed E-state index contributed by atoms with van der Waals surface area (Å²) in [5.41, 5.74) is 1.40. The summed E-state index contributed by atoms with van der Waals surface area (Å²) in [6.07, 6.45) is 0. The van der Waals surface area contributed by atoms with Crippen molar-refractivity contribution in [3.63, 3.8) is 0 Å². The van der Waals surface area contributed by atoms with Gasteiger partial charge >= 0.3 is 0 Å². The number of anilines is 1. The number of Topliss-reactive ketones (excluding diaryl/α,β-unsaturated/α-hetero) is 1. The maximum Gasteiger partial charge on any atom is 0.165 e. The minimum Gasteiger partial charge on any atom is -0.496 e. The largest absolute Gasteiger partial charge is 0.496 e. The molecule has 3 nitrogen and oxygen atoms in total. The first-order valence-corrected chi connectivity index (χ1v) is 4.06. The van der Waals surface area contributed by atoms with E-state index in [9.17, 15) is 4.79 Å². The molecule has 0 aromatic heterocycles. The molecular weight excluding hydrogens is 166 g/mol. The molecular formula is C10H13NO2. The van der Waals surface area contributed by atoms with Crippen LogP contribution < -0.4 is 10.1 Å². The molecule has 1 aromatic carbocycles. The van der Waals surface area contributed by atoms with Gasteiger partial charge in [0, 0.05) is 12.7 Å². The van der Waals surface area contributed by atoms with Crippen LogP contribution in [0.25, 0.3) is 0 Å². The number of carbonyl (C=O) groups is 1. The van der Waals surface area contributed by atoms with Crippen molar-refractivity contribution in [2.45, 2.75) is 6.92 Å². The van der Waals surface area contributed by atoms with Gasteiger partial charge in [0.25, 0.3) is 0 Å². The van der Waals surface area contributed by atoms with Crippen molar-refractivity contribution in [1.82, 2.24) is 0 Å². The highest BCUT2D eigenvalue weighted by Gasteiger charge is 2.11. The van der Waals surface area contributed by atoms with Crippen molar-refractivity contribution in [3.05, 3.63) is 23.8 Å². The van der Waals surface area contributed by atoms with E-state index >= 15 is 0 Å². The van der Waals surface area contributed by atoms with Gasteiger partial charge in [-0.25, -0.2) is 0 Å². The van der Waals surface area contributed by atoms with Crippen LogP contribution in [0.15, 0.2) is 18.2 Å². The van der Waals surface area contributed by atoms with Crippen LogP contribution in [0.5, 0.6) is 5.75 Å². The number of hydrogen-bond donors (Lipinski definition) is 1. The van der Waals surface area contributed by atoms with Gasteiger partial charge in [-0.15, -0.1) is 0 Å². The molecule has 70 valence electrons. The molecule has 0 heterocycles. The quantitative estimate of drug-likeness (QED) is 0.720. The molecule has 0 saturated carbocycles. The van der Waals surface area contributed by atoms with Crippen LogP contribution in [0.4, 0.5) is 5.69 Å². The lowest BCUT2D eigenvalue weighted by molar-refractivity contribution is 0.101. The summed E-state index contributed by atoms with van der Waals surface area (Å²) in [4.78, 5) is 11.3. The highest BCUT2D eigenvalue weighted by atomic mass is 16.5. The summed E-state index contributed by atoms with van der Waals surface area (Å²) in [5, 5.41) is 2.95. The number of ether oxygens (including phenoxy) is 1. The van der Waals surface area contributed by atoms with Crippen LogP contribution in [-0.2, 0) is 0 Å². The van der Waals surface area contributed by atoms with Crippen LogP contribution in [0.2, 0.25) is 0 Å². The smallest absolute Gasteiger partial charge is 0.165 e. The number of hydrogen-bond acceptors (Lipinski definition) is 3. The van der Waals surface area contributed by atoms with Crippen molar-refractivity contribution in [3.8, 4) is 5.75 Å². The molecule has 0 unspecified atom stereocenters. The Kier molecular flexibility index (Phi) is 2.90. The molecule has 0 atom stereocenters. The first-order valence-electron chi connectivity index (χ1n) is 4.06. The summed E-state index contributed by atoms with van der Waals surface area (Å²) in [6.45, 7) is 1.53. The van der Waals surface area contributed by atoms with Crippen molar-refractivity contribution in [2.75, 3.05) is 19.5 Å². The SMILES string of the molecule is CNc1cccc(OC)c1C(C)=O. The zero-order valence-electron chi connectivity index (χ0n) is 8.05. The molecule has 1 aromatic rings. The zero-order chi connectivity index (χ0) is 9.84. The minimum atomic E-state index is 0.00167. The maximum atomic E-state index is 11.3. The normalized spacial score (nSPS) is 9.46. The second-order valence-electron chi connectivity index (χ2n) is 2.69. The van der Waals surface area contributed by atoms with Crippen LogP contribution in [-0.4, -0.2) is 19.9 Å². The Hall–Kier alpha value is -1.51. The van der Waals surface area contributed by atoms with Crippen molar-refractivity contribution < 1.29 is 9.53 Å². The molecule has 0 spiro atoms. The third-order valence-electron chi connectivity index (χ3n) is 1.87. The molecule has 1 N–H and O–H groups in total. The van der Waals surface area contributed by atoms with Gasteiger partial charge in [-0.2, -0.15) is 0 Å². The lowest BCUT2D eigenvalue weighted by Crippen LogP contribution is -2.02.